The van der Waals surface area contributed by atoms with E-state index in [2.05, 4.69) is 52.6 Å². The minimum absolute atomic E-state index is 0.409. The lowest BCUT2D eigenvalue weighted by atomic mass is 9.90. The quantitative estimate of drug-likeness (QED) is 0.369. The largest absolute Gasteiger partial charge is 0.330 e. The van der Waals surface area contributed by atoms with Crippen molar-refractivity contribution in [1.82, 2.24) is 5.32 Å². The number of rotatable bonds is 13. The first kappa shape index (κ1) is 21.4. The summed E-state index contributed by atoms with van der Waals surface area (Å²) >= 11 is 0. The van der Waals surface area contributed by atoms with Crippen LogP contribution in [0.25, 0.3) is 0 Å². The Bertz CT molecular complexity index is 307. The number of nitrogens with one attached hydrogen (secondary N) is 1. The molecule has 0 aliphatic carbocycles. The van der Waals surface area contributed by atoms with E-state index in [0.29, 0.717) is 23.9 Å². The fourth-order valence-electron chi connectivity index (χ4n) is 3.05. The molecule has 0 aromatic carbocycles. The van der Waals surface area contributed by atoms with Gasteiger partial charge < -0.3 is 11.1 Å². The Morgan fingerprint density at radius 2 is 1.82 bits per heavy atom. The molecular formula is C20H40N2. The predicted octanol–water partition coefficient (Wildman–Crippen LogP) is 5.06. The second-order valence-electron chi connectivity index (χ2n) is 7.12. The molecule has 3 unspecified atom stereocenters. The van der Waals surface area contributed by atoms with Crippen molar-refractivity contribution in [2.75, 3.05) is 6.54 Å². The molecule has 130 valence electrons. The molecule has 0 rings (SSSR count). The highest BCUT2D eigenvalue weighted by atomic mass is 15.0. The van der Waals surface area contributed by atoms with Crippen LogP contribution in [0.4, 0.5) is 0 Å². The number of hydrogen-bond donors (Lipinski definition) is 2. The van der Waals surface area contributed by atoms with Crippen LogP contribution in [0.15, 0.2) is 24.3 Å². The molecule has 0 aromatic heterocycles. The summed E-state index contributed by atoms with van der Waals surface area (Å²) < 4.78 is 0. The number of allylic oxidation sites excluding steroid dienone is 2. The molecule has 2 heteroatoms. The second-order valence-corrected chi connectivity index (χ2v) is 7.12. The van der Waals surface area contributed by atoms with Gasteiger partial charge in [-0.25, -0.2) is 0 Å². The van der Waals surface area contributed by atoms with Crippen LogP contribution >= 0.6 is 0 Å². The van der Waals surface area contributed by atoms with E-state index in [9.17, 15) is 0 Å². The molecule has 3 atom stereocenters. The Hall–Kier alpha value is -0.600. The molecule has 0 saturated carbocycles. The first-order valence-electron chi connectivity index (χ1n) is 9.23. The van der Waals surface area contributed by atoms with Crippen molar-refractivity contribution >= 4 is 0 Å². The highest BCUT2D eigenvalue weighted by Gasteiger charge is 2.20. The lowest BCUT2D eigenvalue weighted by molar-refractivity contribution is 0.315. The Kier molecular flexibility index (Phi) is 12.5. The van der Waals surface area contributed by atoms with Gasteiger partial charge in [-0.15, -0.1) is 0 Å². The smallest absolute Gasteiger partial charge is 0.0256 e. The first-order chi connectivity index (χ1) is 10.5. The third-order valence-electron chi connectivity index (χ3n) is 4.42. The summed E-state index contributed by atoms with van der Waals surface area (Å²) in [5.74, 6) is 1.31. The van der Waals surface area contributed by atoms with E-state index in [-0.39, 0.29) is 0 Å². The second kappa shape index (κ2) is 12.9. The monoisotopic (exact) mass is 308 g/mol. The Morgan fingerprint density at radius 3 is 2.32 bits per heavy atom. The molecule has 0 amide bonds. The zero-order valence-electron chi connectivity index (χ0n) is 15.7. The molecule has 0 heterocycles. The maximum absolute atomic E-state index is 5.77. The van der Waals surface area contributed by atoms with Gasteiger partial charge >= 0.3 is 0 Å². The summed E-state index contributed by atoms with van der Waals surface area (Å²) in [5.41, 5.74) is 7.24. The van der Waals surface area contributed by atoms with Crippen molar-refractivity contribution in [3.8, 4) is 0 Å². The van der Waals surface area contributed by atoms with Gasteiger partial charge in [0.05, 0.1) is 0 Å². The highest BCUT2D eigenvalue weighted by Crippen LogP contribution is 2.20. The van der Waals surface area contributed by atoms with Gasteiger partial charge in [0.2, 0.25) is 0 Å². The van der Waals surface area contributed by atoms with Gasteiger partial charge in [0.25, 0.3) is 0 Å². The normalized spacial score (nSPS) is 16.6. The van der Waals surface area contributed by atoms with E-state index in [1.165, 1.54) is 31.3 Å². The van der Waals surface area contributed by atoms with E-state index in [1.54, 1.807) is 0 Å². The summed E-state index contributed by atoms with van der Waals surface area (Å²) in [4.78, 5) is 0. The average Bonchev–Trinajstić information content (AvgIpc) is 2.45. The maximum atomic E-state index is 5.77. The fraction of sp³-hybridized carbons (Fsp3) is 0.800. The Labute approximate surface area is 139 Å². The number of nitrogens with two attached hydrogens (primary N) is 1. The minimum atomic E-state index is 0.409. The zero-order chi connectivity index (χ0) is 17.0. The SMILES string of the molecule is C=CC=C(CC(C)C)C(C)NC(CCCCC)C(C)CCN. The third-order valence-corrected chi connectivity index (χ3v) is 4.42. The molecule has 0 spiro atoms. The molecule has 0 fully saturated rings. The van der Waals surface area contributed by atoms with Crippen LogP contribution in [-0.4, -0.2) is 18.6 Å². The molecule has 0 bridgehead atoms. The average molecular weight is 309 g/mol. The van der Waals surface area contributed by atoms with Gasteiger partial charge in [0.15, 0.2) is 0 Å². The molecule has 0 radical (unpaired) electrons. The van der Waals surface area contributed by atoms with Crippen molar-refractivity contribution < 1.29 is 0 Å². The lowest BCUT2D eigenvalue weighted by Gasteiger charge is -2.30. The Morgan fingerprint density at radius 1 is 1.14 bits per heavy atom. The number of unbranched alkanes of at least 4 members (excludes halogenated alkanes) is 2. The molecule has 2 nitrogen and oxygen atoms in total. The summed E-state index contributed by atoms with van der Waals surface area (Å²) in [5, 5.41) is 3.88. The van der Waals surface area contributed by atoms with Gasteiger partial charge in [-0.1, -0.05) is 71.3 Å². The van der Waals surface area contributed by atoms with E-state index in [4.69, 9.17) is 5.73 Å². The first-order valence-corrected chi connectivity index (χ1v) is 9.23. The molecule has 3 N–H and O–H groups in total. The van der Waals surface area contributed by atoms with Gasteiger partial charge in [-0.05, 0) is 44.6 Å². The van der Waals surface area contributed by atoms with Crippen molar-refractivity contribution in [2.24, 2.45) is 17.6 Å². The van der Waals surface area contributed by atoms with E-state index in [0.717, 1.165) is 19.4 Å². The molecule has 0 saturated heterocycles. The molecular weight excluding hydrogens is 268 g/mol. The molecule has 0 aliphatic rings. The summed E-state index contributed by atoms with van der Waals surface area (Å²) in [6.07, 6.45) is 11.5. The summed E-state index contributed by atoms with van der Waals surface area (Å²) in [6.45, 7) is 16.1. The third kappa shape index (κ3) is 9.42. The summed E-state index contributed by atoms with van der Waals surface area (Å²) in [6, 6.07) is 0.970. The Balaban J connectivity index is 4.77. The van der Waals surface area contributed by atoms with Crippen LogP contribution in [0.3, 0.4) is 0 Å². The van der Waals surface area contributed by atoms with E-state index in [1.807, 2.05) is 6.08 Å². The highest BCUT2D eigenvalue weighted by molar-refractivity contribution is 5.16. The predicted molar refractivity (Wildman–Crippen MR) is 101 cm³/mol. The van der Waals surface area contributed by atoms with Crippen LogP contribution in [-0.2, 0) is 0 Å². The number of hydrogen-bond acceptors (Lipinski definition) is 2. The van der Waals surface area contributed by atoms with Gasteiger partial charge in [0, 0.05) is 12.1 Å². The maximum Gasteiger partial charge on any atom is 0.0256 e. The van der Waals surface area contributed by atoms with Crippen molar-refractivity contribution in [2.45, 2.75) is 85.2 Å². The summed E-state index contributed by atoms with van der Waals surface area (Å²) in [7, 11) is 0. The van der Waals surface area contributed by atoms with E-state index < -0.39 is 0 Å². The van der Waals surface area contributed by atoms with E-state index >= 15 is 0 Å². The van der Waals surface area contributed by atoms with Crippen LogP contribution in [0.2, 0.25) is 0 Å². The fourth-order valence-corrected chi connectivity index (χ4v) is 3.05. The van der Waals surface area contributed by atoms with Crippen LogP contribution in [0, 0.1) is 11.8 Å². The lowest BCUT2D eigenvalue weighted by Crippen LogP contribution is -2.42. The molecule has 0 aliphatic heterocycles. The van der Waals surface area contributed by atoms with Gasteiger partial charge in [-0.2, -0.15) is 0 Å². The molecule has 0 aromatic rings. The van der Waals surface area contributed by atoms with Crippen molar-refractivity contribution in [3.63, 3.8) is 0 Å². The minimum Gasteiger partial charge on any atom is -0.330 e. The van der Waals surface area contributed by atoms with Crippen molar-refractivity contribution in [1.29, 1.82) is 0 Å². The van der Waals surface area contributed by atoms with Crippen LogP contribution in [0.5, 0.6) is 0 Å². The van der Waals surface area contributed by atoms with Gasteiger partial charge in [0.1, 0.15) is 0 Å². The zero-order valence-corrected chi connectivity index (χ0v) is 15.7. The standard InChI is InChI=1S/C20H40N2/c1-7-9-10-12-20(17(5)13-14-21)22-18(6)19(11-8-2)15-16(3)4/h8,11,16-18,20,22H,2,7,9-10,12-15,21H2,1,3-6H3. The molecule has 22 heavy (non-hydrogen) atoms. The van der Waals surface area contributed by atoms with Crippen LogP contribution < -0.4 is 11.1 Å². The van der Waals surface area contributed by atoms with Gasteiger partial charge in [-0.3, -0.25) is 0 Å². The topological polar surface area (TPSA) is 38.0 Å². The van der Waals surface area contributed by atoms with Crippen molar-refractivity contribution in [3.05, 3.63) is 24.3 Å². The van der Waals surface area contributed by atoms with Crippen LogP contribution in [0.1, 0.15) is 73.1 Å².